The molecule has 12 rings (SSSR count). The highest BCUT2D eigenvalue weighted by molar-refractivity contribution is 7.39. The van der Waals surface area contributed by atoms with Crippen molar-refractivity contribution in [1.29, 1.82) is 0 Å². The van der Waals surface area contributed by atoms with E-state index in [0.29, 0.717) is 59.0 Å². The molecule has 6 unspecified atom stereocenters. The van der Waals surface area contributed by atoms with Crippen molar-refractivity contribution in [2.75, 3.05) is 13.1 Å². The highest BCUT2D eigenvalue weighted by Crippen LogP contribution is 2.52. The molecule has 0 aliphatic carbocycles. The molecule has 11 heterocycles. The van der Waals surface area contributed by atoms with E-state index in [-0.39, 0.29) is 23.6 Å². The summed E-state index contributed by atoms with van der Waals surface area (Å²) in [5.41, 5.74) is 4.15. The lowest BCUT2D eigenvalue weighted by atomic mass is 9.99. The summed E-state index contributed by atoms with van der Waals surface area (Å²) in [5, 5.41) is 7.94. The van der Waals surface area contributed by atoms with Gasteiger partial charge in [-0.2, -0.15) is 0 Å². The van der Waals surface area contributed by atoms with Crippen LogP contribution in [0.15, 0.2) is 60.7 Å². The fraction of sp³-hybridized carbons (Fsp3) is 0.573. The van der Waals surface area contributed by atoms with Crippen LogP contribution in [0.1, 0.15) is 314 Å². The number of benzene rings is 1. The van der Waals surface area contributed by atoms with E-state index in [1.165, 1.54) is 185 Å². The van der Waals surface area contributed by atoms with Crippen LogP contribution in [-0.4, -0.2) is 62.7 Å². The molecule has 0 saturated carbocycles. The Bertz CT molecular complexity index is 4220. The standard InChI is InChI=1S/C46H63NO2S3Si.C43H59NO2S4Si/c1-8-13-16-17-18-19-22-35-23-25-36(26-24-35)53(30-34(12-5)21-15-10-3)38-27-31(6)50-43(38)44-39(53)28-37(52-44)42-41-40(32(7)51-42)45(48)47(46(41)49)29-33(11-4)20-14-9-2;1-8-13-16-17-18-21-32-22-23-36(49-32)51(27-31(12-5)20-15-10-3)34-24-28(6)47-40(34)41-35(51)25-33(50-41)39-38-37(29(7)48-39)42(45)44(43(38)46)26-30(11-4)19-14-9-2/h23-28,33-34H,8-22,29-30H2,1-7H3;22-25,30-31H,8-21,26-27H2,1-7H3. The van der Waals surface area contributed by atoms with Crippen LogP contribution in [0.25, 0.3) is 39.0 Å². The van der Waals surface area contributed by atoms with Gasteiger partial charge in [0.25, 0.3) is 23.6 Å². The smallest absolute Gasteiger partial charge is 0.263 e. The summed E-state index contributed by atoms with van der Waals surface area (Å²) in [7, 11) is -4.73. The molecule has 1 aromatic carbocycles. The molecule has 0 saturated heterocycles. The molecule has 4 aliphatic rings. The van der Waals surface area contributed by atoms with Crippen LogP contribution >= 0.6 is 79.4 Å². The highest BCUT2D eigenvalue weighted by atomic mass is 32.1. The molecular formula is C89H122N2O4S7Si2. The number of nitrogens with zero attached hydrogens (tertiary/aromatic N) is 2. The first kappa shape index (κ1) is 80.8. The Hall–Kier alpha value is -4.17. The highest BCUT2D eigenvalue weighted by Gasteiger charge is 2.54. The lowest BCUT2D eigenvalue weighted by molar-refractivity contribution is 0.0609. The van der Waals surface area contributed by atoms with Crippen molar-refractivity contribution in [3.8, 4) is 39.0 Å². The lowest BCUT2D eigenvalue weighted by Crippen LogP contribution is -2.65. The Kier molecular flexibility index (Phi) is 28.8. The van der Waals surface area contributed by atoms with E-state index in [9.17, 15) is 19.2 Å². The number of imide groups is 2. The molecule has 6 atom stereocenters. The summed E-state index contributed by atoms with van der Waals surface area (Å²) in [5.74, 6) is 1.79. The van der Waals surface area contributed by atoms with E-state index in [1.54, 1.807) is 67.8 Å². The van der Waals surface area contributed by atoms with Crippen molar-refractivity contribution < 1.29 is 19.2 Å². The lowest BCUT2D eigenvalue weighted by Gasteiger charge is -2.33. The number of hydrogen-bond acceptors (Lipinski definition) is 11. The van der Waals surface area contributed by atoms with Gasteiger partial charge in [-0.3, -0.25) is 29.0 Å². The maximum atomic E-state index is 14.3. The normalized spacial score (nSPS) is 17.6. The monoisotopic (exact) mass is 1560 g/mol. The Morgan fingerprint density at radius 2 is 0.721 bits per heavy atom. The van der Waals surface area contributed by atoms with Crippen molar-refractivity contribution in [3.63, 3.8) is 0 Å². The number of carbonyl (C=O) groups excluding carboxylic acids is 4. The predicted octanol–water partition coefficient (Wildman–Crippen LogP) is 24.7. The number of unbranched alkanes of at least 4 members (excludes halogenated alkanes) is 13. The van der Waals surface area contributed by atoms with Gasteiger partial charge in [0.15, 0.2) is 16.1 Å². The van der Waals surface area contributed by atoms with Crippen molar-refractivity contribution in [1.82, 2.24) is 9.80 Å². The van der Waals surface area contributed by atoms with Crippen LogP contribution in [0.3, 0.4) is 0 Å². The first-order valence-electron chi connectivity index (χ1n) is 41.1. The van der Waals surface area contributed by atoms with Crippen molar-refractivity contribution in [3.05, 3.63) is 113 Å². The Balaban J connectivity index is 0.000000208. The fourth-order valence-corrected chi connectivity index (χ4v) is 41.4. The van der Waals surface area contributed by atoms with E-state index in [4.69, 9.17) is 0 Å². The van der Waals surface area contributed by atoms with E-state index >= 15 is 0 Å². The average molecular weight is 1560 g/mol. The van der Waals surface area contributed by atoms with Crippen molar-refractivity contribution >= 4 is 150 Å². The van der Waals surface area contributed by atoms with Gasteiger partial charge in [0.1, 0.15) is 0 Å². The molecule has 7 aromatic heterocycles. The molecule has 0 N–H and O–H groups in total. The van der Waals surface area contributed by atoms with E-state index in [1.807, 2.05) is 59.2 Å². The number of thiophene rings is 7. The minimum atomic E-state index is -2.39. The number of rotatable bonds is 41. The molecule has 4 aliphatic heterocycles. The van der Waals surface area contributed by atoms with Gasteiger partial charge >= 0.3 is 0 Å². The quantitative estimate of drug-likeness (QED) is 0.0217. The molecule has 8 aromatic rings. The fourth-order valence-electron chi connectivity index (χ4n) is 17.7. The zero-order chi connectivity index (χ0) is 74.0. The van der Waals surface area contributed by atoms with Gasteiger partial charge in [-0.1, -0.05) is 247 Å². The van der Waals surface area contributed by atoms with Crippen LogP contribution < -0.4 is 30.4 Å². The van der Waals surface area contributed by atoms with E-state index < -0.39 is 16.1 Å². The number of hydrogen-bond donors (Lipinski definition) is 0. The summed E-state index contributed by atoms with van der Waals surface area (Å²) in [4.78, 5) is 76.0. The summed E-state index contributed by atoms with van der Waals surface area (Å²) in [6.07, 6.45) is 35.6. The summed E-state index contributed by atoms with van der Waals surface area (Å²) in [6, 6.07) is 27.6. The number of fused-ring (bicyclic) bond motifs is 8. The molecule has 0 bridgehead atoms. The van der Waals surface area contributed by atoms with Crippen LogP contribution in [0.5, 0.6) is 0 Å². The summed E-state index contributed by atoms with van der Waals surface area (Å²) < 4.78 is 1.63. The third kappa shape index (κ3) is 16.5. The first-order valence-corrected chi connectivity index (χ1v) is 51.3. The SMILES string of the molecule is CCCCCCCCc1ccc([Si]2(CC(CC)CCCC)c3cc(C)sc3-c3sc(-c4sc(C)c5c4C(=O)N(CC(CC)CCCC)C5=O)cc32)cc1.CCCCCCCc1ccc([Si]2(CC(CC)CCCC)c3cc(C)sc3-c3sc(-c4sc(C)c5c4C(=O)N(CC(CC)CCCC)C5=O)cc32)s1. The number of amides is 4. The van der Waals surface area contributed by atoms with Gasteiger partial charge in [-0.25, -0.2) is 0 Å². The molecule has 104 heavy (non-hydrogen) atoms. The van der Waals surface area contributed by atoms with Gasteiger partial charge in [0, 0.05) is 71.2 Å². The summed E-state index contributed by atoms with van der Waals surface area (Å²) in [6.45, 7) is 32.6. The first-order chi connectivity index (χ1) is 50.4. The minimum Gasteiger partial charge on any atom is -0.274 e. The van der Waals surface area contributed by atoms with E-state index in [2.05, 4.69) is 155 Å². The molecule has 0 spiro atoms. The second-order valence-corrected chi connectivity index (χ2v) is 47.7. The number of carbonyl (C=O) groups is 4. The van der Waals surface area contributed by atoms with Crippen LogP contribution in [0.2, 0.25) is 12.1 Å². The largest absolute Gasteiger partial charge is 0.274 e. The maximum absolute atomic E-state index is 14.3. The molecular weight excluding hydrogens is 1440 g/mol. The maximum Gasteiger partial charge on any atom is 0.263 e. The van der Waals surface area contributed by atoms with Gasteiger partial charge < -0.3 is 0 Å². The third-order valence-electron chi connectivity index (χ3n) is 24.0. The van der Waals surface area contributed by atoms with Crippen LogP contribution in [0.4, 0.5) is 0 Å². The van der Waals surface area contributed by atoms with E-state index in [0.717, 1.165) is 77.3 Å². The Morgan fingerprint density at radius 1 is 0.346 bits per heavy atom. The topological polar surface area (TPSA) is 74.8 Å². The van der Waals surface area contributed by atoms with Crippen molar-refractivity contribution in [2.45, 2.75) is 295 Å². The van der Waals surface area contributed by atoms with Gasteiger partial charge in [0.05, 0.1) is 32.0 Å². The molecule has 0 fully saturated rings. The summed E-state index contributed by atoms with van der Waals surface area (Å²) >= 11 is 13.2. The molecule has 0 radical (unpaired) electrons. The van der Waals surface area contributed by atoms with Crippen LogP contribution in [0, 0.1) is 51.4 Å². The predicted molar refractivity (Wildman–Crippen MR) is 464 cm³/mol. The zero-order valence-corrected chi connectivity index (χ0v) is 73.5. The molecule has 4 amide bonds. The average Bonchev–Trinajstić information content (AvgIpc) is 1.54. The van der Waals surface area contributed by atoms with Crippen molar-refractivity contribution in [2.24, 2.45) is 23.7 Å². The Labute approximate surface area is 656 Å². The van der Waals surface area contributed by atoms with Crippen LogP contribution in [-0.2, 0) is 12.8 Å². The molecule has 6 nitrogen and oxygen atoms in total. The second-order valence-electron chi connectivity index (χ2n) is 31.4. The third-order valence-corrected chi connectivity index (χ3v) is 44.3. The second kappa shape index (κ2) is 37.0. The minimum absolute atomic E-state index is 0.0681. The molecule has 562 valence electrons. The Morgan fingerprint density at radius 3 is 1.17 bits per heavy atom. The molecule has 15 heteroatoms. The van der Waals surface area contributed by atoms with Gasteiger partial charge in [-0.15, -0.1) is 79.4 Å². The number of aryl methyl sites for hydroxylation is 6. The van der Waals surface area contributed by atoms with Gasteiger partial charge in [0.2, 0.25) is 0 Å². The zero-order valence-electron chi connectivity index (χ0n) is 65.8. The van der Waals surface area contributed by atoms with Gasteiger partial charge in [-0.05, 0) is 164 Å².